The van der Waals surface area contributed by atoms with Gasteiger partial charge in [-0.1, -0.05) is 69.4 Å². The van der Waals surface area contributed by atoms with Crippen molar-refractivity contribution in [3.63, 3.8) is 0 Å². The first-order chi connectivity index (χ1) is 16.4. The molecule has 38 heavy (non-hydrogen) atoms. The topological polar surface area (TPSA) is 62.1 Å². The van der Waals surface area contributed by atoms with Gasteiger partial charge in [-0.05, 0) is 21.5 Å². The first kappa shape index (κ1) is 38.9. The van der Waals surface area contributed by atoms with E-state index in [0.29, 0.717) is 44.0 Å². The molecule has 206 valence electrons. The van der Waals surface area contributed by atoms with Crippen molar-refractivity contribution in [2.24, 2.45) is 0 Å². The van der Waals surface area contributed by atoms with E-state index in [1.807, 2.05) is 10.4 Å². The second kappa shape index (κ2) is 19.7. The van der Waals surface area contributed by atoms with Crippen LogP contribution >= 0.6 is 71.2 Å². The molecule has 2 aromatic rings. The predicted molar refractivity (Wildman–Crippen MR) is 150 cm³/mol. The van der Waals surface area contributed by atoms with E-state index in [9.17, 15) is 9.81 Å². The molecule has 0 saturated carbocycles. The van der Waals surface area contributed by atoms with Crippen molar-refractivity contribution in [1.29, 1.82) is 0 Å². The molecule has 0 aliphatic heterocycles. The average molecular weight is 816 g/mol. The van der Waals surface area contributed by atoms with E-state index in [2.05, 4.69) is 11.5 Å². The van der Waals surface area contributed by atoms with Crippen LogP contribution in [0.3, 0.4) is 0 Å². The zero-order chi connectivity index (χ0) is 24.5. The van der Waals surface area contributed by atoms with Crippen molar-refractivity contribution in [3.8, 4) is 0 Å². The summed E-state index contributed by atoms with van der Waals surface area (Å²) in [5, 5.41) is 6.25. The number of halogens is 6. The summed E-state index contributed by atoms with van der Waals surface area (Å²) in [4.78, 5) is 22.1. The van der Waals surface area contributed by atoms with Crippen LogP contribution in [0.15, 0.2) is 108 Å². The average Bonchev–Trinajstić information content (AvgIpc) is 2.85. The molecule has 0 radical (unpaired) electrons. The van der Waals surface area contributed by atoms with Crippen molar-refractivity contribution in [2.45, 2.75) is 0 Å². The molecular weight excluding hydrogens is 798 g/mol. The Hall–Kier alpha value is -1.30. The van der Waals surface area contributed by atoms with Gasteiger partial charge in [0.15, 0.2) is 12.1 Å². The number of hydrogen-bond donors (Lipinski definition) is 2. The predicted octanol–water partition coefficient (Wildman–Crippen LogP) is 5.82. The molecule has 0 spiro atoms. The van der Waals surface area contributed by atoms with Gasteiger partial charge >= 0.3 is 20.4 Å². The molecule has 0 atom stereocenters. The van der Waals surface area contributed by atoms with Gasteiger partial charge in [0.05, 0.1) is 0 Å². The maximum atomic E-state index is 11.0. The molecule has 0 bridgehead atoms. The zero-order valence-corrected chi connectivity index (χ0v) is 26.6. The van der Waals surface area contributed by atoms with Crippen LogP contribution in [0.1, 0.15) is 11.1 Å². The SMILES string of the molecule is Cl.Cl.O=[NH+][C-](C1=C=C[C-](Cl)C=C1)c1ccc(Cl)cc1.O=[NH+][C-](C1=C=C[C-](Cl)C=C1)c1ccc(Cl)cc1.[Pd+2].[Pd]. The van der Waals surface area contributed by atoms with Crippen molar-refractivity contribution in [3.05, 3.63) is 161 Å². The third kappa shape index (κ3) is 11.4. The van der Waals surface area contributed by atoms with E-state index in [4.69, 9.17) is 46.4 Å². The van der Waals surface area contributed by atoms with Gasteiger partial charge in [0.1, 0.15) is 0 Å². The van der Waals surface area contributed by atoms with E-state index in [0.717, 1.165) is 11.1 Å². The number of benzene rings is 2. The number of nitrogens with one attached hydrogen (secondary N) is 2. The van der Waals surface area contributed by atoms with E-state index >= 15 is 0 Å². The van der Waals surface area contributed by atoms with Crippen molar-refractivity contribution in [1.82, 2.24) is 0 Å². The Labute approximate surface area is 281 Å². The minimum atomic E-state index is 0. The normalized spacial score (nSPS) is 12.1. The van der Waals surface area contributed by atoms with Gasteiger partial charge in [-0.2, -0.15) is 47.5 Å². The summed E-state index contributed by atoms with van der Waals surface area (Å²) < 4.78 is 0. The molecular formula is C26H18Cl6N2O2Pd2. The zero-order valence-electron chi connectivity index (χ0n) is 18.9. The van der Waals surface area contributed by atoms with Gasteiger partial charge in [-0.15, -0.1) is 61.2 Å². The molecule has 0 unspecified atom stereocenters. The minimum absolute atomic E-state index is 0. The Morgan fingerprint density at radius 3 is 1.21 bits per heavy atom. The van der Waals surface area contributed by atoms with Crippen molar-refractivity contribution >= 4 is 71.2 Å². The fourth-order valence-electron chi connectivity index (χ4n) is 2.89. The van der Waals surface area contributed by atoms with Gasteiger partial charge in [-0.25, -0.2) is 0 Å². The molecule has 2 aliphatic rings. The van der Waals surface area contributed by atoms with Crippen LogP contribution in [0.25, 0.3) is 0 Å². The number of nitroso groups, excluding NO2 is 2. The largest absolute Gasteiger partial charge is 2.00 e. The fourth-order valence-corrected chi connectivity index (χ4v) is 3.38. The molecule has 0 amide bonds. The summed E-state index contributed by atoms with van der Waals surface area (Å²) in [6.07, 6.45) is 10.1. The summed E-state index contributed by atoms with van der Waals surface area (Å²) in [6, 6.07) is 14.9. The van der Waals surface area contributed by atoms with Crippen LogP contribution in [-0.4, -0.2) is 0 Å². The van der Waals surface area contributed by atoms with Crippen LogP contribution in [0.4, 0.5) is 0 Å². The van der Waals surface area contributed by atoms with E-state index in [1.54, 1.807) is 85.0 Å². The third-order valence-corrected chi connectivity index (χ3v) is 5.53. The van der Waals surface area contributed by atoms with Crippen molar-refractivity contribution in [2.75, 3.05) is 0 Å². The van der Waals surface area contributed by atoms with Gasteiger partial charge in [0, 0.05) is 40.3 Å². The minimum Gasteiger partial charge on any atom is -0.276 e. The van der Waals surface area contributed by atoms with Gasteiger partial charge in [-0.3, -0.25) is 11.5 Å². The summed E-state index contributed by atoms with van der Waals surface area (Å²) >= 11 is 23.1. The van der Waals surface area contributed by atoms with Gasteiger partial charge < -0.3 is 0 Å². The maximum absolute atomic E-state index is 11.0. The molecule has 0 aromatic heterocycles. The Kier molecular flexibility index (Phi) is 20.2. The quantitative estimate of drug-likeness (QED) is 0.220. The molecule has 2 N–H and O–H groups in total. The summed E-state index contributed by atoms with van der Waals surface area (Å²) in [5.41, 5.74) is 8.70. The van der Waals surface area contributed by atoms with E-state index in [-0.39, 0.29) is 65.7 Å². The summed E-state index contributed by atoms with van der Waals surface area (Å²) in [6.45, 7) is 0. The van der Waals surface area contributed by atoms with Crippen LogP contribution in [0.2, 0.25) is 10.0 Å². The smallest absolute Gasteiger partial charge is 0.276 e. The van der Waals surface area contributed by atoms with Crippen LogP contribution in [0.5, 0.6) is 0 Å². The van der Waals surface area contributed by atoms with Crippen LogP contribution in [0, 0.1) is 32.7 Å². The van der Waals surface area contributed by atoms with Crippen molar-refractivity contribution < 1.29 is 51.2 Å². The summed E-state index contributed by atoms with van der Waals surface area (Å²) in [7, 11) is 0. The van der Waals surface area contributed by atoms with Crippen LogP contribution in [-0.2, 0) is 40.8 Å². The Morgan fingerprint density at radius 2 is 0.974 bits per heavy atom. The first-order valence-electron chi connectivity index (χ1n) is 9.78. The van der Waals surface area contributed by atoms with E-state index < -0.39 is 0 Å². The molecule has 2 aliphatic carbocycles. The summed E-state index contributed by atoms with van der Waals surface area (Å²) in [5.74, 6) is 0. The van der Waals surface area contributed by atoms with E-state index in [1.165, 1.54) is 0 Å². The number of hydrogen-bond acceptors (Lipinski definition) is 2. The Bertz CT molecular complexity index is 1140. The maximum Gasteiger partial charge on any atom is 2.00 e. The van der Waals surface area contributed by atoms with Gasteiger partial charge in [0.25, 0.3) is 0 Å². The Balaban J connectivity index is 0. The van der Waals surface area contributed by atoms with Crippen LogP contribution < -0.4 is 10.4 Å². The van der Waals surface area contributed by atoms with Gasteiger partial charge in [0.2, 0.25) is 0 Å². The molecule has 0 heterocycles. The number of allylic oxidation sites excluding steroid dienone is 2. The molecule has 2 aromatic carbocycles. The molecule has 0 fully saturated rings. The molecule has 0 saturated heterocycles. The second-order valence-electron chi connectivity index (χ2n) is 6.81. The first-order valence-corrected chi connectivity index (χ1v) is 11.3. The monoisotopic (exact) mass is 812 g/mol. The molecule has 4 rings (SSSR count). The number of rotatable bonds is 6. The standard InChI is InChI=1S/2C13H8Cl2NO.2ClH.2Pd/c2*14-11-5-1-9(2-6-11)13(16-17)10-3-7-12(15)8-4-10;;;;/h2*1-3,5-8,16H;2*1H;;/q2*-1;;;;+2. The fraction of sp³-hybridized carbons (Fsp3) is 0. The Morgan fingerprint density at radius 1 is 0.658 bits per heavy atom. The third-order valence-electron chi connectivity index (χ3n) is 4.56. The second-order valence-corrected chi connectivity index (χ2v) is 8.55. The molecule has 12 heteroatoms. The molecule has 4 nitrogen and oxygen atoms in total.